The van der Waals surface area contributed by atoms with Crippen LogP contribution in [0.1, 0.15) is 31.2 Å². The molecule has 0 spiro atoms. The third-order valence-electron chi connectivity index (χ3n) is 4.54. The molecule has 3 aromatic rings. The number of aliphatic carboxylic acids is 1. The number of unbranched alkanes of at least 4 members (excludes halogenated alkanes) is 1. The fourth-order valence-corrected chi connectivity index (χ4v) is 3.63. The average molecular weight is 538 g/mol. The number of carboxylic acid groups (broad SMARTS) is 1. The Kier molecular flexibility index (Phi) is 7.77. The van der Waals surface area contributed by atoms with Crippen molar-refractivity contribution < 1.29 is 19.6 Å². The third-order valence-corrected chi connectivity index (χ3v) is 5.25. The Morgan fingerprint density at radius 2 is 2.15 bits per heavy atom. The van der Waals surface area contributed by atoms with Gasteiger partial charge in [-0.3, -0.25) is 14.9 Å². The van der Waals surface area contributed by atoms with Crippen LogP contribution in [0.4, 0.5) is 5.69 Å². The van der Waals surface area contributed by atoms with E-state index in [-0.39, 0.29) is 16.3 Å². The summed E-state index contributed by atoms with van der Waals surface area (Å²) in [6.07, 6.45) is 3.27. The van der Waals surface area contributed by atoms with Crippen LogP contribution in [0.5, 0.6) is 5.75 Å². The first-order valence-corrected chi connectivity index (χ1v) is 11.0. The Hall–Kier alpha value is -3.31. The summed E-state index contributed by atoms with van der Waals surface area (Å²) >= 11 is 9.35. The summed E-state index contributed by atoms with van der Waals surface area (Å²) in [5.74, 6) is -1.22. The number of halogens is 2. The van der Waals surface area contributed by atoms with Gasteiger partial charge in [-0.1, -0.05) is 40.9 Å². The lowest BCUT2D eigenvalue weighted by Crippen LogP contribution is -2.22. The Morgan fingerprint density at radius 3 is 2.82 bits per heavy atom. The minimum atomic E-state index is -1.32. The van der Waals surface area contributed by atoms with E-state index in [0.717, 1.165) is 23.6 Å². The van der Waals surface area contributed by atoms with E-state index in [2.05, 4.69) is 26.0 Å². The van der Waals surface area contributed by atoms with Gasteiger partial charge in [0.05, 0.1) is 22.0 Å². The molecule has 0 atom stereocenters. The summed E-state index contributed by atoms with van der Waals surface area (Å²) in [7, 11) is 0. The van der Waals surface area contributed by atoms with Gasteiger partial charge in [0.15, 0.2) is 6.61 Å². The van der Waals surface area contributed by atoms with E-state index in [0.29, 0.717) is 27.6 Å². The summed E-state index contributed by atoms with van der Waals surface area (Å²) in [6.45, 7) is 1.19. The van der Waals surface area contributed by atoms with E-state index in [1.807, 2.05) is 6.92 Å². The van der Waals surface area contributed by atoms with Crippen molar-refractivity contribution in [1.29, 1.82) is 0 Å². The summed E-state index contributed by atoms with van der Waals surface area (Å²) < 4.78 is 6.96. The Morgan fingerprint density at radius 1 is 1.39 bits per heavy atom. The molecule has 3 rings (SSSR count). The molecule has 2 aromatic carbocycles. The largest absolute Gasteiger partial charge is 0.479 e. The number of aromatic nitrogens is 2. The second kappa shape index (κ2) is 10.5. The predicted octanol–water partition coefficient (Wildman–Crippen LogP) is 4.41. The molecule has 12 heteroatoms. The third kappa shape index (κ3) is 5.74. The van der Waals surface area contributed by atoms with E-state index in [9.17, 15) is 19.7 Å². The summed E-state index contributed by atoms with van der Waals surface area (Å²) in [5, 5.41) is 25.0. The molecule has 33 heavy (non-hydrogen) atoms. The van der Waals surface area contributed by atoms with Gasteiger partial charge in [-0.15, -0.1) is 0 Å². The highest BCUT2D eigenvalue weighted by molar-refractivity contribution is 9.10. The van der Waals surface area contributed by atoms with Crippen molar-refractivity contribution in [2.24, 2.45) is 5.10 Å². The summed E-state index contributed by atoms with van der Waals surface area (Å²) in [4.78, 5) is 39.4. The zero-order valence-corrected chi connectivity index (χ0v) is 19.7. The van der Waals surface area contributed by atoms with Crippen molar-refractivity contribution in [2.75, 3.05) is 6.61 Å². The fraction of sp³-hybridized carbons (Fsp3) is 0.238. The number of hydrogen-bond donors (Lipinski definition) is 1. The van der Waals surface area contributed by atoms with Crippen molar-refractivity contribution in [2.45, 2.75) is 26.2 Å². The zero-order chi connectivity index (χ0) is 24.1. The summed E-state index contributed by atoms with van der Waals surface area (Å²) in [6, 6.07) is 7.51. The van der Waals surface area contributed by atoms with Gasteiger partial charge in [0.25, 0.3) is 5.56 Å². The lowest BCUT2D eigenvalue weighted by molar-refractivity contribution is -0.385. The maximum Gasteiger partial charge on any atom is 0.341 e. The van der Waals surface area contributed by atoms with Gasteiger partial charge in [0.1, 0.15) is 5.82 Å². The van der Waals surface area contributed by atoms with E-state index in [1.165, 1.54) is 12.3 Å². The number of ether oxygens (including phenoxy) is 1. The molecule has 0 saturated heterocycles. The van der Waals surface area contributed by atoms with Gasteiger partial charge in [-0.2, -0.15) is 9.78 Å². The van der Waals surface area contributed by atoms with Crippen LogP contribution in [0.2, 0.25) is 5.02 Å². The minimum Gasteiger partial charge on any atom is -0.479 e. The number of carboxylic acids is 1. The predicted molar refractivity (Wildman–Crippen MR) is 127 cm³/mol. The van der Waals surface area contributed by atoms with Crippen molar-refractivity contribution in [3.05, 3.63) is 71.7 Å². The van der Waals surface area contributed by atoms with Crippen LogP contribution in [-0.2, 0) is 11.2 Å². The highest BCUT2D eigenvalue weighted by Crippen LogP contribution is 2.33. The van der Waals surface area contributed by atoms with Crippen LogP contribution >= 0.6 is 27.5 Å². The smallest absolute Gasteiger partial charge is 0.341 e. The molecule has 0 aliphatic rings. The molecule has 0 unspecified atom stereocenters. The van der Waals surface area contributed by atoms with Gasteiger partial charge < -0.3 is 9.84 Å². The number of rotatable bonds is 9. The molecule has 0 saturated carbocycles. The topological polar surface area (TPSA) is 137 Å². The van der Waals surface area contributed by atoms with Gasteiger partial charge in [-0.05, 0) is 30.7 Å². The molecule has 0 bridgehead atoms. The number of aryl methyl sites for hydroxylation is 1. The minimum absolute atomic E-state index is 0.0185. The second-order valence-corrected chi connectivity index (χ2v) is 8.29. The van der Waals surface area contributed by atoms with Gasteiger partial charge in [0, 0.05) is 27.5 Å². The molecule has 0 radical (unpaired) electrons. The molecular weight excluding hydrogens is 520 g/mol. The monoisotopic (exact) mass is 536 g/mol. The van der Waals surface area contributed by atoms with Crippen LogP contribution in [0, 0.1) is 10.1 Å². The van der Waals surface area contributed by atoms with Crippen LogP contribution in [0.3, 0.4) is 0 Å². The number of carbonyl (C=O) groups is 1. The molecule has 0 aliphatic carbocycles. The van der Waals surface area contributed by atoms with E-state index >= 15 is 0 Å². The highest BCUT2D eigenvalue weighted by atomic mass is 79.9. The maximum absolute atomic E-state index is 13.2. The SMILES string of the molecule is CCCCc1nc2ccc(Br)cc2c(=O)n1N=Cc1cc(Cl)cc([N+](=O)[O-])c1OCC(=O)O. The second-order valence-electron chi connectivity index (χ2n) is 6.94. The van der Waals surface area contributed by atoms with E-state index < -0.39 is 28.7 Å². The first-order valence-electron chi connectivity index (χ1n) is 9.79. The Bertz CT molecular complexity index is 1320. The van der Waals surface area contributed by atoms with E-state index in [4.69, 9.17) is 21.4 Å². The molecule has 0 fully saturated rings. The molecule has 10 nitrogen and oxygen atoms in total. The number of nitro groups is 1. The Labute approximate surface area is 200 Å². The first kappa shape index (κ1) is 24.3. The van der Waals surface area contributed by atoms with Crippen LogP contribution in [-0.4, -0.2) is 38.5 Å². The normalized spacial score (nSPS) is 11.2. The molecular formula is C21H18BrClN4O6. The number of nitrogens with zero attached hydrogens (tertiary/aromatic N) is 4. The molecule has 1 N–H and O–H groups in total. The average Bonchev–Trinajstić information content (AvgIpc) is 2.76. The van der Waals surface area contributed by atoms with E-state index in [1.54, 1.807) is 18.2 Å². The molecule has 0 aliphatic heterocycles. The van der Waals surface area contributed by atoms with Crippen LogP contribution in [0.25, 0.3) is 10.9 Å². The van der Waals surface area contributed by atoms with Crippen LogP contribution < -0.4 is 10.3 Å². The van der Waals surface area contributed by atoms with Crippen molar-refractivity contribution in [3.8, 4) is 5.75 Å². The van der Waals surface area contributed by atoms with Crippen molar-refractivity contribution >= 4 is 56.3 Å². The molecule has 0 amide bonds. The Balaban J connectivity index is 2.18. The number of nitro benzene ring substituents is 1. The van der Waals surface area contributed by atoms with Gasteiger partial charge in [0.2, 0.25) is 5.75 Å². The molecule has 172 valence electrons. The van der Waals surface area contributed by atoms with Gasteiger partial charge >= 0.3 is 11.7 Å². The standard InChI is InChI=1S/C21H18BrClN4O6/c1-2-3-4-18-25-16-6-5-13(22)8-15(16)21(30)26(18)24-10-12-7-14(23)9-17(27(31)32)20(12)33-11-19(28)29/h5-10H,2-4,11H2,1H3,(H,28,29). The molecule has 1 heterocycles. The van der Waals surface area contributed by atoms with Crippen molar-refractivity contribution in [3.63, 3.8) is 0 Å². The maximum atomic E-state index is 13.2. The lowest BCUT2D eigenvalue weighted by atomic mass is 10.2. The van der Waals surface area contributed by atoms with Crippen molar-refractivity contribution in [1.82, 2.24) is 9.66 Å². The quantitative estimate of drug-likeness (QED) is 0.242. The molecule has 1 aromatic heterocycles. The lowest BCUT2D eigenvalue weighted by Gasteiger charge is -2.11. The first-order chi connectivity index (χ1) is 15.7. The van der Waals surface area contributed by atoms with Gasteiger partial charge in [-0.25, -0.2) is 9.78 Å². The summed E-state index contributed by atoms with van der Waals surface area (Å²) in [5.41, 5.74) is -0.389. The zero-order valence-electron chi connectivity index (χ0n) is 17.3. The number of benzene rings is 2. The number of hydrogen-bond acceptors (Lipinski definition) is 7. The van der Waals surface area contributed by atoms with Crippen LogP contribution in [0.15, 0.2) is 44.7 Å². The highest BCUT2D eigenvalue weighted by Gasteiger charge is 2.22. The number of fused-ring (bicyclic) bond motifs is 1. The fourth-order valence-electron chi connectivity index (χ4n) is 3.05.